The van der Waals surface area contributed by atoms with Crippen molar-refractivity contribution in [1.29, 1.82) is 0 Å². The van der Waals surface area contributed by atoms with Crippen LogP contribution in [0.25, 0.3) is 32.2 Å². The van der Waals surface area contributed by atoms with Crippen LogP contribution in [0.15, 0.2) is 103 Å². The SMILES string of the molecule is O=C(On1nnc2ccccc21)c1ccc(-c2nnc(-c3ccc(N4CCC(c5ccccc5)CC4)cc3)s2)cc1. The molecule has 0 atom stereocenters. The number of benzene rings is 4. The Morgan fingerprint density at radius 2 is 1.37 bits per heavy atom. The summed E-state index contributed by atoms with van der Waals surface area (Å²) in [6.45, 7) is 2.11. The zero-order chi connectivity index (χ0) is 27.6. The first kappa shape index (κ1) is 25.1. The van der Waals surface area contributed by atoms with E-state index in [0.717, 1.165) is 39.1 Å². The number of fused-ring (bicyclic) bond motifs is 1. The number of para-hydroxylation sites is 1. The van der Waals surface area contributed by atoms with E-state index in [1.54, 1.807) is 18.2 Å². The molecule has 2 aromatic heterocycles. The molecule has 0 N–H and O–H groups in total. The summed E-state index contributed by atoms with van der Waals surface area (Å²) >= 11 is 1.52. The van der Waals surface area contributed by atoms with Gasteiger partial charge in [-0.15, -0.1) is 15.3 Å². The number of hydrogen-bond acceptors (Lipinski definition) is 8. The molecule has 9 heteroatoms. The van der Waals surface area contributed by atoms with Crippen LogP contribution in [0.5, 0.6) is 0 Å². The zero-order valence-electron chi connectivity index (χ0n) is 22.1. The molecule has 6 aromatic rings. The number of nitrogens with zero attached hydrogens (tertiary/aromatic N) is 6. The molecule has 1 aliphatic heterocycles. The normalized spacial score (nSPS) is 13.9. The lowest BCUT2D eigenvalue weighted by atomic mass is 9.89. The fourth-order valence-corrected chi connectivity index (χ4v) is 6.12. The van der Waals surface area contributed by atoms with Crippen molar-refractivity contribution in [2.45, 2.75) is 18.8 Å². The largest absolute Gasteiger partial charge is 0.371 e. The van der Waals surface area contributed by atoms with Gasteiger partial charge in [0.05, 0.1) is 5.56 Å². The van der Waals surface area contributed by atoms with E-state index in [0.29, 0.717) is 22.5 Å². The Balaban J connectivity index is 0.990. The van der Waals surface area contributed by atoms with Crippen LogP contribution < -0.4 is 9.74 Å². The molecular weight excluding hydrogens is 532 g/mol. The first-order valence-corrected chi connectivity index (χ1v) is 14.4. The summed E-state index contributed by atoms with van der Waals surface area (Å²) in [7, 11) is 0. The lowest BCUT2D eigenvalue weighted by Gasteiger charge is -2.34. The molecule has 3 heterocycles. The number of carbonyl (C=O) groups excluding carboxylic acids is 1. The summed E-state index contributed by atoms with van der Waals surface area (Å²) in [6, 6.07) is 33.9. The van der Waals surface area contributed by atoms with Crippen molar-refractivity contribution in [3.05, 3.63) is 114 Å². The van der Waals surface area contributed by atoms with Gasteiger partial charge in [0.25, 0.3) is 0 Å². The predicted molar refractivity (Wildman–Crippen MR) is 160 cm³/mol. The molecule has 0 unspecified atom stereocenters. The third-order valence-corrected chi connectivity index (χ3v) is 8.55. The highest BCUT2D eigenvalue weighted by atomic mass is 32.1. The maximum Gasteiger partial charge on any atom is 0.365 e. The molecule has 0 saturated carbocycles. The number of rotatable bonds is 6. The summed E-state index contributed by atoms with van der Waals surface area (Å²) < 4.78 is 0. The molecule has 1 aliphatic rings. The molecule has 7 rings (SSSR count). The van der Waals surface area contributed by atoms with Crippen molar-refractivity contribution < 1.29 is 9.63 Å². The standard InChI is InChI=1S/C32H26N6O2S/c39-32(40-38-29-9-5-4-8-28(29)33-36-38)26-12-10-24(11-13-26)30-34-35-31(41-30)25-14-16-27(17-15-25)37-20-18-23(19-21-37)22-6-2-1-3-7-22/h1-17,23H,18-21H2. The van der Waals surface area contributed by atoms with Gasteiger partial charge in [0.15, 0.2) is 0 Å². The van der Waals surface area contributed by atoms with Crippen LogP contribution >= 0.6 is 11.3 Å². The maximum atomic E-state index is 12.7. The number of carbonyl (C=O) groups is 1. The molecule has 0 amide bonds. The number of aromatic nitrogens is 5. The molecule has 0 aliphatic carbocycles. The van der Waals surface area contributed by atoms with Crippen LogP contribution in [-0.2, 0) is 0 Å². The van der Waals surface area contributed by atoms with E-state index >= 15 is 0 Å². The zero-order valence-corrected chi connectivity index (χ0v) is 22.9. The number of piperidine rings is 1. The van der Waals surface area contributed by atoms with Crippen LogP contribution in [0.1, 0.15) is 34.7 Å². The van der Waals surface area contributed by atoms with Gasteiger partial charge in [-0.3, -0.25) is 0 Å². The lowest BCUT2D eigenvalue weighted by Crippen LogP contribution is -2.32. The Hall–Kier alpha value is -4.89. The first-order chi connectivity index (χ1) is 20.2. The van der Waals surface area contributed by atoms with Crippen LogP contribution in [0.4, 0.5) is 5.69 Å². The van der Waals surface area contributed by atoms with Crippen LogP contribution in [-0.4, -0.2) is 44.4 Å². The van der Waals surface area contributed by atoms with Gasteiger partial charge in [-0.05, 0) is 78.1 Å². The second kappa shape index (κ2) is 10.9. The van der Waals surface area contributed by atoms with Gasteiger partial charge in [0, 0.05) is 29.9 Å². The van der Waals surface area contributed by atoms with Gasteiger partial charge in [0.2, 0.25) is 0 Å². The highest BCUT2D eigenvalue weighted by molar-refractivity contribution is 7.17. The van der Waals surface area contributed by atoms with E-state index in [1.807, 2.05) is 30.3 Å². The molecule has 0 spiro atoms. The van der Waals surface area contributed by atoms with E-state index in [1.165, 1.54) is 35.4 Å². The smallest absolute Gasteiger partial charge is 0.365 e. The Morgan fingerprint density at radius 3 is 2.07 bits per heavy atom. The van der Waals surface area contributed by atoms with Crippen molar-refractivity contribution in [1.82, 2.24) is 25.4 Å². The number of anilines is 1. The third-order valence-electron chi connectivity index (χ3n) is 7.53. The van der Waals surface area contributed by atoms with Crippen molar-refractivity contribution in [2.75, 3.05) is 18.0 Å². The molecule has 8 nitrogen and oxygen atoms in total. The second-order valence-electron chi connectivity index (χ2n) is 10.0. The van der Waals surface area contributed by atoms with Crippen molar-refractivity contribution in [3.63, 3.8) is 0 Å². The molecule has 0 bridgehead atoms. The van der Waals surface area contributed by atoms with Gasteiger partial charge >= 0.3 is 5.97 Å². The Kier molecular flexibility index (Phi) is 6.70. The van der Waals surface area contributed by atoms with E-state index in [9.17, 15) is 4.79 Å². The Morgan fingerprint density at radius 1 is 0.732 bits per heavy atom. The average Bonchev–Trinajstić information content (AvgIpc) is 3.70. The summed E-state index contributed by atoms with van der Waals surface area (Å²) in [5, 5.41) is 18.4. The minimum atomic E-state index is -0.519. The van der Waals surface area contributed by atoms with Gasteiger partial charge in [-0.2, -0.15) is 0 Å². The third kappa shape index (κ3) is 5.19. The van der Waals surface area contributed by atoms with E-state index in [2.05, 4.69) is 80.0 Å². The van der Waals surface area contributed by atoms with Gasteiger partial charge in [-0.25, -0.2) is 4.79 Å². The quantitative estimate of drug-likeness (QED) is 0.223. The topological polar surface area (TPSA) is 86.0 Å². The minimum Gasteiger partial charge on any atom is -0.371 e. The van der Waals surface area contributed by atoms with E-state index < -0.39 is 5.97 Å². The monoisotopic (exact) mass is 558 g/mol. The van der Waals surface area contributed by atoms with Crippen molar-refractivity contribution in [3.8, 4) is 21.1 Å². The highest BCUT2D eigenvalue weighted by Gasteiger charge is 2.21. The fraction of sp³-hybridized carbons (Fsp3) is 0.156. The fourth-order valence-electron chi connectivity index (χ4n) is 5.26. The average molecular weight is 559 g/mol. The predicted octanol–water partition coefficient (Wildman–Crippen LogP) is 6.27. The highest BCUT2D eigenvalue weighted by Crippen LogP contribution is 2.33. The van der Waals surface area contributed by atoms with Gasteiger partial charge < -0.3 is 9.74 Å². The summed E-state index contributed by atoms with van der Waals surface area (Å²) in [6.07, 6.45) is 2.33. The van der Waals surface area contributed by atoms with Crippen LogP contribution in [0, 0.1) is 0 Å². The maximum absolute atomic E-state index is 12.7. The van der Waals surface area contributed by atoms with Crippen LogP contribution in [0.3, 0.4) is 0 Å². The van der Waals surface area contributed by atoms with Crippen molar-refractivity contribution >= 4 is 34.0 Å². The molecule has 202 valence electrons. The second-order valence-corrected chi connectivity index (χ2v) is 11.0. The Labute approximate surface area is 240 Å². The first-order valence-electron chi connectivity index (χ1n) is 13.6. The van der Waals surface area contributed by atoms with Gasteiger partial charge in [-0.1, -0.05) is 70.8 Å². The molecule has 4 aromatic carbocycles. The Bertz CT molecular complexity index is 1790. The molecule has 1 fully saturated rings. The van der Waals surface area contributed by atoms with Crippen LogP contribution in [0.2, 0.25) is 0 Å². The van der Waals surface area contributed by atoms with E-state index in [4.69, 9.17) is 4.84 Å². The van der Waals surface area contributed by atoms with Crippen molar-refractivity contribution in [2.24, 2.45) is 0 Å². The lowest BCUT2D eigenvalue weighted by molar-refractivity contribution is 0.0409. The molecule has 41 heavy (non-hydrogen) atoms. The van der Waals surface area contributed by atoms with Gasteiger partial charge in [0.1, 0.15) is 21.0 Å². The summed E-state index contributed by atoms with van der Waals surface area (Å²) in [5.41, 5.74) is 6.30. The minimum absolute atomic E-state index is 0.404. The molecule has 0 radical (unpaired) electrons. The molecular formula is C32H26N6O2S. The molecule has 1 saturated heterocycles. The van der Waals surface area contributed by atoms with E-state index in [-0.39, 0.29) is 0 Å². The summed E-state index contributed by atoms with van der Waals surface area (Å²) in [5.74, 6) is 0.120. The summed E-state index contributed by atoms with van der Waals surface area (Å²) in [4.78, 5) is 21.7. The number of hydrogen-bond donors (Lipinski definition) is 0.